The quantitative estimate of drug-likeness (QED) is 0.789. The lowest BCUT2D eigenvalue weighted by Crippen LogP contribution is -2.68. The molecule has 2 nitrogen and oxygen atoms in total. The van der Waals surface area contributed by atoms with Gasteiger partial charge in [0.2, 0.25) is 0 Å². The van der Waals surface area contributed by atoms with E-state index < -0.39 is 0 Å². The third-order valence-corrected chi connectivity index (χ3v) is 3.51. The predicted octanol–water partition coefficient (Wildman–Crippen LogP) is 2.03. The van der Waals surface area contributed by atoms with Crippen molar-refractivity contribution >= 4 is 17.3 Å². The highest BCUT2D eigenvalue weighted by Crippen LogP contribution is 2.36. The highest BCUT2D eigenvalue weighted by molar-refractivity contribution is 6.30. The van der Waals surface area contributed by atoms with Crippen LogP contribution in [-0.4, -0.2) is 25.2 Å². The first-order valence-electron chi connectivity index (χ1n) is 5.20. The first kappa shape index (κ1) is 9.43. The first-order chi connectivity index (χ1) is 7.25. The zero-order chi connectivity index (χ0) is 10.4. The summed E-state index contributed by atoms with van der Waals surface area (Å²) in [7, 11) is 0. The third kappa shape index (κ3) is 1.42. The van der Waals surface area contributed by atoms with Gasteiger partial charge in [-0.3, -0.25) is 0 Å². The van der Waals surface area contributed by atoms with Crippen LogP contribution < -0.4 is 10.2 Å². The topological polar surface area (TPSA) is 15.3 Å². The van der Waals surface area contributed by atoms with Gasteiger partial charge in [-0.25, -0.2) is 4.39 Å². The number of nitrogens with one attached hydrogen (secondary N) is 1. The molecule has 0 spiro atoms. The third-order valence-electron chi connectivity index (χ3n) is 3.28. The van der Waals surface area contributed by atoms with Crippen LogP contribution in [0.5, 0.6) is 0 Å². The Morgan fingerprint density at radius 1 is 1.33 bits per heavy atom. The molecule has 1 aromatic carbocycles. The Labute approximate surface area is 93.0 Å². The number of piperazine rings is 1. The normalized spacial score (nSPS) is 28.8. The van der Waals surface area contributed by atoms with Gasteiger partial charge in [-0.2, -0.15) is 0 Å². The van der Waals surface area contributed by atoms with Gasteiger partial charge in [0.05, 0.1) is 5.69 Å². The van der Waals surface area contributed by atoms with Gasteiger partial charge in [0.1, 0.15) is 5.82 Å². The summed E-state index contributed by atoms with van der Waals surface area (Å²) < 4.78 is 13.7. The fourth-order valence-electron chi connectivity index (χ4n) is 2.57. The number of anilines is 1. The Morgan fingerprint density at radius 3 is 2.67 bits per heavy atom. The van der Waals surface area contributed by atoms with Crippen LogP contribution in [0.3, 0.4) is 0 Å². The van der Waals surface area contributed by atoms with Crippen LogP contribution in [0.4, 0.5) is 10.1 Å². The van der Waals surface area contributed by atoms with Crippen molar-refractivity contribution in [2.75, 3.05) is 18.0 Å². The Morgan fingerprint density at radius 2 is 2.07 bits per heavy atom. The fraction of sp³-hybridized carbons (Fsp3) is 0.455. The SMILES string of the molecule is Fc1cc(Cl)ccc1N1C2CNCC1C2. The number of fused-ring (bicyclic) bond motifs is 2. The van der Waals surface area contributed by atoms with Crippen molar-refractivity contribution in [2.24, 2.45) is 0 Å². The minimum atomic E-state index is -0.209. The average molecular weight is 227 g/mol. The van der Waals surface area contributed by atoms with Crippen molar-refractivity contribution in [3.63, 3.8) is 0 Å². The second-order valence-corrected chi connectivity index (χ2v) is 4.64. The molecular weight excluding hydrogens is 215 g/mol. The van der Waals surface area contributed by atoms with Crippen LogP contribution in [0.2, 0.25) is 5.02 Å². The summed E-state index contributed by atoms with van der Waals surface area (Å²) in [6, 6.07) is 5.83. The highest BCUT2D eigenvalue weighted by atomic mass is 35.5. The van der Waals surface area contributed by atoms with Crippen molar-refractivity contribution in [1.29, 1.82) is 0 Å². The Kier molecular flexibility index (Phi) is 2.11. The molecule has 4 heteroatoms. The van der Waals surface area contributed by atoms with Crippen LogP contribution in [0.15, 0.2) is 18.2 Å². The summed E-state index contributed by atoms with van der Waals surface area (Å²) >= 11 is 5.73. The molecule has 15 heavy (non-hydrogen) atoms. The summed E-state index contributed by atoms with van der Waals surface area (Å²) in [5, 5.41) is 3.78. The van der Waals surface area contributed by atoms with E-state index in [0.29, 0.717) is 22.8 Å². The molecule has 2 fully saturated rings. The number of benzene rings is 1. The fourth-order valence-corrected chi connectivity index (χ4v) is 2.72. The van der Waals surface area contributed by atoms with Gasteiger partial charge in [0.15, 0.2) is 0 Å². The largest absolute Gasteiger partial charge is 0.360 e. The molecule has 2 unspecified atom stereocenters. The van der Waals surface area contributed by atoms with Crippen molar-refractivity contribution in [3.05, 3.63) is 29.0 Å². The number of nitrogens with zero attached hydrogens (tertiary/aromatic N) is 1. The van der Waals surface area contributed by atoms with Crippen molar-refractivity contribution in [2.45, 2.75) is 18.5 Å². The molecule has 1 N–H and O–H groups in total. The van der Waals surface area contributed by atoms with Gasteiger partial charge in [-0.15, -0.1) is 0 Å². The molecule has 0 aromatic heterocycles. The summed E-state index contributed by atoms with van der Waals surface area (Å²) in [6.45, 7) is 1.91. The first-order valence-corrected chi connectivity index (χ1v) is 5.57. The van der Waals surface area contributed by atoms with E-state index in [0.717, 1.165) is 13.1 Å². The Balaban J connectivity index is 1.93. The second-order valence-electron chi connectivity index (χ2n) is 4.20. The lowest BCUT2D eigenvalue weighted by Gasteiger charge is -2.54. The van der Waals surface area contributed by atoms with Crippen LogP contribution in [-0.2, 0) is 0 Å². The van der Waals surface area contributed by atoms with Gasteiger partial charge in [0.25, 0.3) is 0 Å². The molecule has 2 saturated heterocycles. The number of piperidine rings is 1. The van der Waals surface area contributed by atoms with Crippen LogP contribution >= 0.6 is 11.6 Å². The van der Waals surface area contributed by atoms with Crippen LogP contribution in [0.1, 0.15) is 6.42 Å². The maximum Gasteiger partial charge on any atom is 0.147 e. The Bertz CT molecular complexity index is 382. The van der Waals surface area contributed by atoms with Gasteiger partial charge >= 0.3 is 0 Å². The molecule has 2 bridgehead atoms. The van der Waals surface area contributed by atoms with E-state index in [9.17, 15) is 4.39 Å². The van der Waals surface area contributed by atoms with Gasteiger partial charge in [-0.1, -0.05) is 11.6 Å². The van der Waals surface area contributed by atoms with Crippen molar-refractivity contribution < 1.29 is 4.39 Å². The monoisotopic (exact) mass is 226 g/mol. The molecule has 2 atom stereocenters. The molecule has 1 aromatic rings. The predicted molar refractivity (Wildman–Crippen MR) is 59.0 cm³/mol. The van der Waals surface area contributed by atoms with E-state index in [2.05, 4.69) is 10.2 Å². The van der Waals surface area contributed by atoms with Gasteiger partial charge in [0, 0.05) is 30.2 Å². The van der Waals surface area contributed by atoms with E-state index in [4.69, 9.17) is 11.6 Å². The zero-order valence-electron chi connectivity index (χ0n) is 8.21. The number of hydrogen-bond acceptors (Lipinski definition) is 2. The van der Waals surface area contributed by atoms with E-state index in [-0.39, 0.29) is 5.82 Å². The molecular formula is C11H12ClFN2. The smallest absolute Gasteiger partial charge is 0.147 e. The highest BCUT2D eigenvalue weighted by Gasteiger charge is 2.42. The summed E-state index contributed by atoms with van der Waals surface area (Å²) in [4.78, 5) is 2.17. The molecule has 80 valence electrons. The second kappa shape index (κ2) is 3.35. The molecule has 0 saturated carbocycles. The van der Waals surface area contributed by atoms with E-state index >= 15 is 0 Å². The molecule has 2 heterocycles. The molecule has 3 rings (SSSR count). The van der Waals surface area contributed by atoms with Gasteiger partial charge < -0.3 is 10.2 Å². The van der Waals surface area contributed by atoms with Gasteiger partial charge in [-0.05, 0) is 24.6 Å². The molecule has 2 aliphatic heterocycles. The van der Waals surface area contributed by atoms with Crippen LogP contribution in [0, 0.1) is 5.82 Å². The average Bonchev–Trinajstić information content (AvgIpc) is 2.23. The maximum atomic E-state index is 13.7. The zero-order valence-corrected chi connectivity index (χ0v) is 8.97. The molecule has 0 radical (unpaired) electrons. The Hall–Kier alpha value is -0.800. The standard InChI is InChI=1S/C11H12ClFN2/c12-7-1-2-11(10(13)3-7)15-8-4-9(15)6-14-5-8/h1-3,8-9,14H,4-6H2. The summed E-state index contributed by atoms with van der Waals surface area (Å²) in [5.74, 6) is -0.209. The number of rotatable bonds is 1. The molecule has 2 aliphatic rings. The lowest BCUT2D eigenvalue weighted by molar-refractivity contribution is 0.260. The van der Waals surface area contributed by atoms with Crippen molar-refractivity contribution in [1.82, 2.24) is 5.32 Å². The summed E-state index contributed by atoms with van der Waals surface area (Å²) in [5.41, 5.74) is 0.696. The molecule has 0 aliphatic carbocycles. The van der Waals surface area contributed by atoms with E-state index in [1.165, 1.54) is 12.5 Å². The number of halogens is 2. The van der Waals surface area contributed by atoms with E-state index in [1.54, 1.807) is 12.1 Å². The maximum absolute atomic E-state index is 13.7. The number of hydrogen-bond donors (Lipinski definition) is 1. The van der Waals surface area contributed by atoms with Crippen LogP contribution in [0.25, 0.3) is 0 Å². The minimum Gasteiger partial charge on any atom is -0.360 e. The van der Waals surface area contributed by atoms with Crippen molar-refractivity contribution in [3.8, 4) is 0 Å². The molecule has 0 amide bonds. The summed E-state index contributed by atoms with van der Waals surface area (Å²) in [6.07, 6.45) is 1.18. The van der Waals surface area contributed by atoms with E-state index in [1.807, 2.05) is 0 Å². The lowest BCUT2D eigenvalue weighted by atomic mass is 9.88. The minimum absolute atomic E-state index is 0.209.